The summed E-state index contributed by atoms with van der Waals surface area (Å²) in [5.74, 6) is -1.05. The van der Waals surface area contributed by atoms with Gasteiger partial charge in [0.2, 0.25) is 26.9 Å². The molecule has 0 atom stereocenters. The summed E-state index contributed by atoms with van der Waals surface area (Å²) >= 11 is 11.4. The predicted octanol–water partition coefficient (Wildman–Crippen LogP) is -3.92. The van der Waals surface area contributed by atoms with Crippen LogP contribution in [-0.4, -0.2) is 61.7 Å². The molecule has 23 heteroatoms. The van der Waals surface area contributed by atoms with Gasteiger partial charge in [0, 0.05) is 0 Å². The quantitative estimate of drug-likeness (QED) is 0.0672. The van der Waals surface area contributed by atoms with E-state index in [4.69, 9.17) is 28.9 Å². The van der Waals surface area contributed by atoms with E-state index in [0.717, 1.165) is 24.3 Å². The Hall–Kier alpha value is 0.233. The molecule has 1 aromatic heterocycles. The smallest absolute Gasteiger partial charge is 0.744 e. The molecule has 0 spiro atoms. The summed E-state index contributed by atoms with van der Waals surface area (Å²) in [6.45, 7) is -0.863. The zero-order chi connectivity index (χ0) is 28.3. The number of nitrogens with one attached hydrogen (secondary N) is 1. The Morgan fingerprint density at radius 2 is 1.48 bits per heavy atom. The van der Waals surface area contributed by atoms with Crippen molar-refractivity contribution in [3.8, 4) is 0 Å². The number of sulfone groups is 1. The van der Waals surface area contributed by atoms with E-state index in [9.17, 15) is 34.4 Å². The van der Waals surface area contributed by atoms with Gasteiger partial charge < -0.3 is 20.2 Å². The van der Waals surface area contributed by atoms with Gasteiger partial charge in [-0.2, -0.15) is 20.1 Å². The molecule has 0 unspecified atom stereocenters. The number of benzene rings is 2. The average molecular weight is 705 g/mol. The van der Waals surface area contributed by atoms with Crippen LogP contribution in [0, 0.1) is 0 Å². The first kappa shape index (κ1) is 38.3. The average Bonchev–Trinajstić information content (AvgIpc) is 2.76. The fourth-order valence-corrected chi connectivity index (χ4v) is 5.16. The third kappa shape index (κ3) is 11.7. The number of nitrogens with zero attached hydrogens (tertiary/aromatic N) is 5. The van der Waals surface area contributed by atoms with Crippen LogP contribution in [-0.2, 0) is 34.5 Å². The van der Waals surface area contributed by atoms with Gasteiger partial charge in [0.05, 0.1) is 39.2 Å². The van der Waals surface area contributed by atoms with Gasteiger partial charge in [0.1, 0.15) is 15.8 Å². The van der Waals surface area contributed by atoms with E-state index in [1.807, 2.05) is 0 Å². The molecule has 0 saturated heterocycles. The number of nitrogen functional groups attached to an aromatic ring is 1. The third-order valence-electron chi connectivity index (χ3n) is 4.27. The second kappa shape index (κ2) is 15.8. The van der Waals surface area contributed by atoms with E-state index in [-0.39, 0.29) is 147 Å². The minimum Gasteiger partial charge on any atom is -0.744 e. The topological polar surface area (TPSA) is 259 Å². The summed E-state index contributed by atoms with van der Waals surface area (Å²) in [6, 6.07) is 6.62. The maximum atomic E-state index is 12.2. The van der Waals surface area contributed by atoms with Crippen LogP contribution in [0.1, 0.15) is 0 Å². The molecule has 2 aromatic carbocycles. The Kier molecular flexibility index (Phi) is 15.1. The van der Waals surface area contributed by atoms with Crippen molar-refractivity contribution in [1.82, 2.24) is 15.0 Å². The molecule has 1 heterocycles. The van der Waals surface area contributed by atoms with E-state index in [1.54, 1.807) is 0 Å². The van der Waals surface area contributed by atoms with Crippen LogP contribution in [0.2, 0.25) is 10.6 Å². The van der Waals surface area contributed by atoms with E-state index in [2.05, 4.69) is 34.7 Å². The Balaban J connectivity index is 0.00000400. The Morgan fingerprint density at radius 3 is 2.00 bits per heavy atom. The van der Waals surface area contributed by atoms with E-state index in [0.29, 0.717) is 0 Å². The van der Waals surface area contributed by atoms with Crippen LogP contribution in [0.5, 0.6) is 0 Å². The maximum absolute atomic E-state index is 12.2. The zero-order valence-corrected chi connectivity index (χ0v) is 30.6. The molecule has 3 aromatic rings. The van der Waals surface area contributed by atoms with Crippen LogP contribution >= 0.6 is 23.2 Å². The summed E-state index contributed by atoms with van der Waals surface area (Å²) in [7, 11) is -14.1. The molecule has 0 radical (unpaired) electrons. The van der Waals surface area contributed by atoms with Gasteiger partial charge in [-0.15, -0.1) is 5.11 Å². The van der Waals surface area contributed by atoms with Crippen molar-refractivity contribution in [2.45, 2.75) is 9.79 Å². The van der Waals surface area contributed by atoms with Gasteiger partial charge >= 0.3 is 103 Å². The SMILES string of the molecule is Nc1cc(Nc2nc(Cl)nc(Cl)n2)c(S(=O)(=O)[O-])cc1N=Nc1ccc(S(=O)(=O)CCOS(=O)(=O)[O-])cc1.[K+].[K+]. The van der Waals surface area contributed by atoms with Gasteiger partial charge in [-0.25, -0.2) is 25.3 Å². The molecule has 40 heavy (non-hydrogen) atoms. The van der Waals surface area contributed by atoms with Gasteiger partial charge in [0.25, 0.3) is 0 Å². The maximum Gasteiger partial charge on any atom is 1.00 e. The second-order valence-electron chi connectivity index (χ2n) is 6.93. The summed E-state index contributed by atoms with van der Waals surface area (Å²) < 4.78 is 95.2. The summed E-state index contributed by atoms with van der Waals surface area (Å²) in [6.07, 6.45) is 0. The van der Waals surface area contributed by atoms with Crippen molar-refractivity contribution < 1.29 is 141 Å². The Labute approximate surface area is 323 Å². The third-order valence-corrected chi connectivity index (χ3v) is 7.64. The van der Waals surface area contributed by atoms with Crippen molar-refractivity contribution in [3.05, 3.63) is 47.0 Å². The van der Waals surface area contributed by atoms with E-state index in [1.165, 1.54) is 12.1 Å². The molecule has 0 saturated carbocycles. The molecule has 204 valence electrons. The molecule has 0 aliphatic heterocycles. The normalized spacial score (nSPS) is 12.0. The first-order valence-corrected chi connectivity index (χ1v) is 14.8. The Bertz CT molecular complexity index is 1710. The number of anilines is 3. The molecule has 0 bridgehead atoms. The second-order valence-corrected chi connectivity index (χ2v) is 12.1. The van der Waals surface area contributed by atoms with E-state index >= 15 is 0 Å². The number of hydrogen-bond acceptors (Lipinski definition) is 16. The molecule has 0 amide bonds. The molecular weight excluding hydrogens is 692 g/mol. The fraction of sp³-hybridized carbons (Fsp3) is 0.118. The molecule has 3 rings (SSSR count). The Morgan fingerprint density at radius 1 is 0.900 bits per heavy atom. The molecule has 0 aliphatic carbocycles. The minimum absolute atomic E-state index is 0. The number of nitrogens with two attached hydrogens (primary N) is 1. The van der Waals surface area contributed by atoms with Gasteiger partial charge in [-0.1, -0.05) is 0 Å². The van der Waals surface area contributed by atoms with Crippen LogP contribution < -0.4 is 114 Å². The van der Waals surface area contributed by atoms with E-state index < -0.39 is 47.6 Å². The van der Waals surface area contributed by atoms with Crippen LogP contribution in [0.25, 0.3) is 0 Å². The molecule has 3 N–H and O–H groups in total. The van der Waals surface area contributed by atoms with Crippen molar-refractivity contribution in [3.63, 3.8) is 0 Å². The van der Waals surface area contributed by atoms with Crippen molar-refractivity contribution >= 4 is 82.3 Å². The van der Waals surface area contributed by atoms with Gasteiger partial charge in [-0.3, -0.25) is 4.18 Å². The number of hydrogen-bond donors (Lipinski definition) is 2. The largest absolute Gasteiger partial charge is 1.00 e. The zero-order valence-electron chi connectivity index (χ0n) is 20.3. The minimum atomic E-state index is -5.08. The standard InChI is InChI=1S/C17H15Cl2N7O9S3.2K/c18-15-22-16(19)24-17(23-15)21-13-7-11(20)12(8-14(13)37(29,30)31)26-25-9-1-3-10(4-2-9)36(27,28)6-5-35-38(32,33)34;;/h1-4,7-8H,5-6,20H2,(H,29,30,31)(H,32,33,34)(H,21,22,23,24);;/q;2*+1/p-2. The number of halogens is 2. The van der Waals surface area contributed by atoms with Crippen LogP contribution in [0.15, 0.2) is 56.4 Å². The van der Waals surface area contributed by atoms with Crippen LogP contribution in [0.3, 0.4) is 0 Å². The number of aromatic nitrogens is 3. The molecular formula is C17H13Cl2K2N7O9S3. The first-order valence-electron chi connectivity index (χ1n) is 9.62. The first-order chi connectivity index (χ1) is 17.5. The summed E-state index contributed by atoms with van der Waals surface area (Å²) in [4.78, 5) is 9.95. The summed E-state index contributed by atoms with van der Waals surface area (Å²) in [5, 5.41) is 9.50. The fourth-order valence-electron chi connectivity index (χ4n) is 2.67. The van der Waals surface area contributed by atoms with Crippen molar-refractivity contribution in [2.75, 3.05) is 23.4 Å². The monoisotopic (exact) mass is 703 g/mol. The molecule has 0 fully saturated rings. The summed E-state index contributed by atoms with van der Waals surface area (Å²) in [5.41, 5.74) is 5.37. The van der Waals surface area contributed by atoms with Crippen LogP contribution in [0.4, 0.5) is 28.7 Å². The molecule has 16 nitrogen and oxygen atoms in total. The van der Waals surface area contributed by atoms with Gasteiger partial charge in [0.15, 0.2) is 9.84 Å². The predicted molar refractivity (Wildman–Crippen MR) is 130 cm³/mol. The number of rotatable bonds is 10. The van der Waals surface area contributed by atoms with Crippen molar-refractivity contribution in [2.24, 2.45) is 10.2 Å². The van der Waals surface area contributed by atoms with Crippen molar-refractivity contribution in [1.29, 1.82) is 0 Å². The number of azo groups is 1. The molecule has 0 aliphatic rings. The van der Waals surface area contributed by atoms with Gasteiger partial charge in [-0.05, 0) is 59.6 Å².